The molecule has 12 heavy (non-hydrogen) atoms. The van der Waals surface area contributed by atoms with E-state index >= 15 is 0 Å². The van der Waals surface area contributed by atoms with E-state index in [0.717, 1.165) is 24.8 Å². The van der Waals surface area contributed by atoms with Gasteiger partial charge in [-0.25, -0.2) is 0 Å². The summed E-state index contributed by atoms with van der Waals surface area (Å²) in [5.41, 5.74) is 0.730. The number of fused-ring (bicyclic) bond motifs is 1. The number of likely N-dealkylation sites (N-methyl/N-ethyl adjacent to an activating group) is 1. The molecule has 0 aromatic heterocycles. The molecule has 1 aliphatic heterocycles. The lowest BCUT2D eigenvalue weighted by Gasteiger charge is -2.11. The zero-order chi connectivity index (χ0) is 8.72. The molecule has 1 unspecified atom stereocenters. The molecule has 0 N–H and O–H groups in total. The van der Waals surface area contributed by atoms with Gasteiger partial charge in [0.15, 0.2) is 0 Å². The fourth-order valence-electron chi connectivity index (χ4n) is 1.90. The van der Waals surface area contributed by atoms with E-state index < -0.39 is 0 Å². The van der Waals surface area contributed by atoms with E-state index in [1.54, 1.807) is 7.05 Å². The molecule has 1 heterocycles. The van der Waals surface area contributed by atoms with Gasteiger partial charge in [-0.05, 0) is 19.3 Å². The highest BCUT2D eigenvalue weighted by Gasteiger charge is 2.41. The van der Waals surface area contributed by atoms with Crippen molar-refractivity contribution in [3.05, 3.63) is 11.6 Å². The number of allylic oxidation sites excluding steroid dienone is 1. The number of nitrogens with zero attached hydrogens (tertiary/aromatic N) is 1. The fourth-order valence-corrected chi connectivity index (χ4v) is 1.90. The molecule has 1 atom stereocenters. The zero-order valence-corrected chi connectivity index (χ0v) is 7.04. The summed E-state index contributed by atoms with van der Waals surface area (Å²) in [5.74, 6) is -0.230. The summed E-state index contributed by atoms with van der Waals surface area (Å²) < 4.78 is 0. The summed E-state index contributed by atoms with van der Waals surface area (Å²) in [4.78, 5) is 24.0. The summed E-state index contributed by atoms with van der Waals surface area (Å²) in [5, 5.41) is 0. The number of amides is 2. The Morgan fingerprint density at radius 1 is 1.50 bits per heavy atom. The average Bonchev–Trinajstić information content (AvgIpc) is 2.33. The molecule has 3 heteroatoms. The Morgan fingerprint density at radius 3 is 2.92 bits per heavy atom. The molecule has 0 spiro atoms. The molecular weight excluding hydrogens is 154 g/mol. The summed E-state index contributed by atoms with van der Waals surface area (Å²) in [6.45, 7) is 0. The molecule has 0 radical (unpaired) electrons. The van der Waals surface area contributed by atoms with Gasteiger partial charge in [-0.2, -0.15) is 0 Å². The summed E-state index contributed by atoms with van der Waals surface area (Å²) >= 11 is 0. The Balaban J connectivity index is 2.40. The van der Waals surface area contributed by atoms with Crippen molar-refractivity contribution < 1.29 is 9.59 Å². The third-order valence-corrected chi connectivity index (χ3v) is 2.62. The molecule has 3 nitrogen and oxygen atoms in total. The second-order valence-electron chi connectivity index (χ2n) is 3.35. The van der Waals surface area contributed by atoms with Gasteiger partial charge in [0.25, 0.3) is 5.91 Å². The maximum atomic E-state index is 11.4. The van der Waals surface area contributed by atoms with Gasteiger partial charge in [-0.1, -0.05) is 6.08 Å². The molecule has 64 valence electrons. The van der Waals surface area contributed by atoms with Crippen LogP contribution in [0, 0.1) is 5.92 Å². The second kappa shape index (κ2) is 2.44. The Labute approximate surface area is 71.0 Å². The minimum Gasteiger partial charge on any atom is -0.281 e. The standard InChI is InChI=1S/C9H11NO2/c1-10-8(11)6-4-2-3-5-7(6)9(10)12/h4,7H,2-3,5H2,1H3. The van der Waals surface area contributed by atoms with Gasteiger partial charge in [-0.3, -0.25) is 14.5 Å². The van der Waals surface area contributed by atoms with Gasteiger partial charge in [0, 0.05) is 12.6 Å². The summed E-state index contributed by atoms with van der Waals surface area (Å²) in [6, 6.07) is 0. The molecule has 0 bridgehead atoms. The first kappa shape index (κ1) is 7.53. The van der Waals surface area contributed by atoms with Crippen LogP contribution >= 0.6 is 0 Å². The highest BCUT2D eigenvalue weighted by molar-refractivity contribution is 6.14. The molecular formula is C9H11NO2. The van der Waals surface area contributed by atoms with Crippen LogP contribution in [0.15, 0.2) is 11.6 Å². The molecule has 2 aliphatic rings. The van der Waals surface area contributed by atoms with E-state index in [0.29, 0.717) is 0 Å². The zero-order valence-electron chi connectivity index (χ0n) is 7.04. The minimum absolute atomic E-state index is 0.0223. The number of hydrogen-bond donors (Lipinski definition) is 0. The van der Waals surface area contributed by atoms with Crippen LogP contribution in [0.1, 0.15) is 19.3 Å². The normalized spacial score (nSPS) is 28.9. The van der Waals surface area contributed by atoms with E-state index in [-0.39, 0.29) is 17.7 Å². The predicted molar refractivity (Wildman–Crippen MR) is 43.2 cm³/mol. The van der Waals surface area contributed by atoms with Crippen molar-refractivity contribution in [3.63, 3.8) is 0 Å². The van der Waals surface area contributed by atoms with Crippen molar-refractivity contribution in [2.75, 3.05) is 7.05 Å². The summed E-state index contributed by atoms with van der Waals surface area (Å²) in [6.07, 6.45) is 4.73. The van der Waals surface area contributed by atoms with Crippen molar-refractivity contribution in [2.45, 2.75) is 19.3 Å². The lowest BCUT2D eigenvalue weighted by atomic mass is 9.90. The van der Waals surface area contributed by atoms with Crippen molar-refractivity contribution in [2.24, 2.45) is 5.92 Å². The molecule has 1 aliphatic carbocycles. The van der Waals surface area contributed by atoms with Crippen LogP contribution in [0.2, 0.25) is 0 Å². The van der Waals surface area contributed by atoms with E-state index in [4.69, 9.17) is 0 Å². The van der Waals surface area contributed by atoms with Gasteiger partial charge in [0.1, 0.15) is 0 Å². The van der Waals surface area contributed by atoms with Gasteiger partial charge in [0.2, 0.25) is 5.91 Å². The Hall–Kier alpha value is -1.12. The topological polar surface area (TPSA) is 37.4 Å². The van der Waals surface area contributed by atoms with Crippen molar-refractivity contribution in [3.8, 4) is 0 Å². The van der Waals surface area contributed by atoms with Crippen LogP contribution in [0.5, 0.6) is 0 Å². The average molecular weight is 165 g/mol. The Morgan fingerprint density at radius 2 is 2.25 bits per heavy atom. The van der Waals surface area contributed by atoms with Crippen molar-refractivity contribution in [1.29, 1.82) is 0 Å². The van der Waals surface area contributed by atoms with E-state index in [1.807, 2.05) is 6.08 Å². The lowest BCUT2D eigenvalue weighted by Crippen LogP contribution is -2.25. The van der Waals surface area contributed by atoms with Crippen LogP contribution in [0.3, 0.4) is 0 Å². The maximum absolute atomic E-state index is 11.4. The smallest absolute Gasteiger partial charge is 0.256 e. The quantitative estimate of drug-likeness (QED) is 0.496. The molecule has 2 amide bonds. The first-order valence-electron chi connectivity index (χ1n) is 4.24. The fraction of sp³-hybridized carbons (Fsp3) is 0.556. The molecule has 1 fully saturated rings. The van der Waals surface area contributed by atoms with Gasteiger partial charge in [-0.15, -0.1) is 0 Å². The van der Waals surface area contributed by atoms with Crippen LogP contribution in [0.25, 0.3) is 0 Å². The Kier molecular flexibility index (Phi) is 1.53. The van der Waals surface area contributed by atoms with Crippen LogP contribution < -0.4 is 0 Å². The van der Waals surface area contributed by atoms with Crippen LogP contribution in [0.4, 0.5) is 0 Å². The van der Waals surface area contributed by atoms with Crippen LogP contribution in [-0.2, 0) is 9.59 Å². The lowest BCUT2D eigenvalue weighted by molar-refractivity contribution is -0.137. The number of hydrogen-bond acceptors (Lipinski definition) is 2. The van der Waals surface area contributed by atoms with Crippen molar-refractivity contribution in [1.82, 2.24) is 4.90 Å². The highest BCUT2D eigenvalue weighted by atomic mass is 16.2. The predicted octanol–water partition coefficient (Wildman–Crippen LogP) is 0.712. The monoisotopic (exact) mass is 165 g/mol. The number of likely N-dealkylation sites (tertiary alicyclic amines) is 1. The van der Waals surface area contributed by atoms with E-state index in [9.17, 15) is 9.59 Å². The number of carbonyl (C=O) groups is 2. The summed E-state index contributed by atoms with van der Waals surface area (Å²) in [7, 11) is 1.56. The first-order chi connectivity index (χ1) is 5.72. The maximum Gasteiger partial charge on any atom is 0.256 e. The van der Waals surface area contributed by atoms with Crippen molar-refractivity contribution >= 4 is 11.8 Å². The number of carbonyl (C=O) groups excluding carboxylic acids is 2. The number of imide groups is 1. The largest absolute Gasteiger partial charge is 0.281 e. The molecule has 0 aromatic rings. The number of rotatable bonds is 0. The molecule has 1 saturated heterocycles. The van der Waals surface area contributed by atoms with Gasteiger partial charge >= 0.3 is 0 Å². The third-order valence-electron chi connectivity index (χ3n) is 2.62. The second-order valence-corrected chi connectivity index (χ2v) is 3.35. The van der Waals surface area contributed by atoms with Gasteiger partial charge < -0.3 is 0 Å². The molecule has 0 saturated carbocycles. The Bertz CT molecular complexity index is 280. The van der Waals surface area contributed by atoms with E-state index in [1.165, 1.54) is 4.90 Å². The van der Waals surface area contributed by atoms with Gasteiger partial charge in [0.05, 0.1) is 5.92 Å². The van der Waals surface area contributed by atoms with Crippen LogP contribution in [-0.4, -0.2) is 23.8 Å². The third kappa shape index (κ3) is 0.823. The van der Waals surface area contributed by atoms with E-state index in [2.05, 4.69) is 0 Å². The molecule has 0 aromatic carbocycles. The highest BCUT2D eigenvalue weighted by Crippen LogP contribution is 2.32. The first-order valence-corrected chi connectivity index (χ1v) is 4.24. The SMILES string of the molecule is CN1C(=O)C2=CCCCC2C1=O. The minimum atomic E-state index is -0.115. The molecule has 2 rings (SSSR count).